The van der Waals surface area contributed by atoms with E-state index in [9.17, 15) is 4.79 Å². The molecule has 186 valence electrons. The molecule has 0 aromatic heterocycles. The van der Waals surface area contributed by atoms with Crippen LogP contribution >= 0.6 is 11.9 Å². The number of benzene rings is 1. The Morgan fingerprint density at radius 3 is 2.42 bits per heavy atom. The molecule has 1 aliphatic heterocycles. The number of likely N-dealkylation sites (tertiary alicyclic amines) is 1. The average molecular weight is 478 g/mol. The summed E-state index contributed by atoms with van der Waals surface area (Å²) in [5.41, 5.74) is 2.58. The number of amides is 1. The molecule has 33 heavy (non-hydrogen) atoms. The predicted molar refractivity (Wildman–Crippen MR) is 136 cm³/mol. The van der Waals surface area contributed by atoms with Gasteiger partial charge in [0, 0.05) is 24.5 Å². The quantitative estimate of drug-likeness (QED) is 0.332. The van der Waals surface area contributed by atoms with Gasteiger partial charge >= 0.3 is 0 Å². The van der Waals surface area contributed by atoms with Crippen molar-refractivity contribution in [2.45, 2.75) is 57.9 Å². The van der Waals surface area contributed by atoms with Crippen LogP contribution < -0.4 is 4.74 Å². The summed E-state index contributed by atoms with van der Waals surface area (Å²) in [6.07, 6.45) is 3.71. The predicted octanol–water partition coefficient (Wildman–Crippen LogP) is 4.24. The number of hydrogen-bond acceptors (Lipinski definition) is 6. The molecule has 0 radical (unpaired) electrons. The highest BCUT2D eigenvalue weighted by atomic mass is 32.2. The molecule has 1 aliphatic carbocycles. The Balaban J connectivity index is 1.36. The minimum atomic E-state index is 0.0893. The monoisotopic (exact) mass is 477 g/mol. The number of likely N-dealkylation sites (N-methyl/N-ethyl adjacent to an activating group) is 2. The first kappa shape index (κ1) is 26.3. The van der Waals surface area contributed by atoms with Crippen molar-refractivity contribution in [1.29, 1.82) is 0 Å². The molecule has 0 bridgehead atoms. The van der Waals surface area contributed by atoms with Crippen molar-refractivity contribution < 1.29 is 14.3 Å². The van der Waals surface area contributed by atoms with Gasteiger partial charge in [0.25, 0.3) is 0 Å². The fraction of sp³-hybridized carbons (Fsp3) is 0.731. The molecule has 1 aromatic carbocycles. The number of ether oxygens (including phenoxy) is 2. The summed E-state index contributed by atoms with van der Waals surface area (Å²) in [5, 5.41) is 0. The number of aryl methyl sites for hydroxylation is 2. The highest BCUT2D eigenvalue weighted by Gasteiger charge is 2.50. The summed E-state index contributed by atoms with van der Waals surface area (Å²) in [4.78, 5) is 18.5. The molecule has 0 spiro atoms. The van der Waals surface area contributed by atoms with E-state index in [0.29, 0.717) is 18.6 Å². The van der Waals surface area contributed by atoms with E-state index < -0.39 is 0 Å². The Morgan fingerprint density at radius 2 is 1.88 bits per heavy atom. The van der Waals surface area contributed by atoms with E-state index in [1.165, 1.54) is 48.5 Å². The smallest absolute Gasteiger partial charge is 0.248 e. The van der Waals surface area contributed by atoms with E-state index >= 15 is 0 Å². The Hall–Kier alpha value is -1.28. The van der Waals surface area contributed by atoms with Gasteiger partial charge in [0.05, 0.1) is 13.7 Å². The number of methoxy groups -OCH3 is 1. The zero-order valence-corrected chi connectivity index (χ0v) is 22.5. The molecule has 1 saturated heterocycles. The molecule has 6 nitrogen and oxygen atoms in total. The van der Waals surface area contributed by atoms with Crippen LogP contribution in [0.3, 0.4) is 0 Å². The van der Waals surface area contributed by atoms with Crippen LogP contribution in [-0.4, -0.2) is 86.7 Å². The van der Waals surface area contributed by atoms with Crippen molar-refractivity contribution in [3.05, 3.63) is 23.3 Å². The van der Waals surface area contributed by atoms with Crippen LogP contribution in [0.15, 0.2) is 17.0 Å². The maximum Gasteiger partial charge on any atom is 0.248 e. The Bertz CT molecular complexity index is 789. The molecule has 1 amide bonds. The second-order valence-corrected chi connectivity index (χ2v) is 11.6. The van der Waals surface area contributed by atoms with Gasteiger partial charge in [0.1, 0.15) is 12.4 Å². The van der Waals surface area contributed by atoms with Crippen molar-refractivity contribution in [3.8, 4) is 5.75 Å². The summed E-state index contributed by atoms with van der Waals surface area (Å²) in [7, 11) is 5.70. The van der Waals surface area contributed by atoms with Crippen LogP contribution in [0.2, 0.25) is 0 Å². The number of nitrogens with zero attached hydrogens (tertiary/aromatic N) is 3. The first-order valence-corrected chi connectivity index (χ1v) is 13.0. The zero-order chi connectivity index (χ0) is 24.2. The van der Waals surface area contributed by atoms with E-state index in [4.69, 9.17) is 9.47 Å². The molecule has 1 aromatic rings. The van der Waals surface area contributed by atoms with Crippen LogP contribution in [0.25, 0.3) is 0 Å². The van der Waals surface area contributed by atoms with Gasteiger partial charge in [-0.1, -0.05) is 13.8 Å². The minimum absolute atomic E-state index is 0.0893. The molecular weight excluding hydrogens is 434 g/mol. The van der Waals surface area contributed by atoms with Gasteiger partial charge in [-0.2, -0.15) is 0 Å². The molecular formula is C26H43N3O3S. The lowest BCUT2D eigenvalue weighted by atomic mass is 9.57. The number of carbonyl (C=O) groups is 1. The van der Waals surface area contributed by atoms with Crippen molar-refractivity contribution in [3.63, 3.8) is 0 Å². The fourth-order valence-corrected chi connectivity index (χ4v) is 5.96. The molecule has 0 N–H and O–H groups in total. The maximum absolute atomic E-state index is 12.7. The standard InChI is InChI=1S/C26H43N3O3S/c1-19-15-22(31-7)16-20(2)25(19)33-27(5)13-14-32-18-24(30)28(6)23-17-21(26(23,3)4)9-12-29-10-8-11-29/h15-16,21,23H,8-14,17-18H2,1-7H3/t21-,23+/m1/s1. The van der Waals surface area contributed by atoms with Gasteiger partial charge in [0.2, 0.25) is 5.91 Å². The second kappa shape index (κ2) is 11.4. The third-order valence-electron chi connectivity index (χ3n) is 7.71. The third-order valence-corrected chi connectivity index (χ3v) is 9.04. The van der Waals surface area contributed by atoms with Crippen LogP contribution in [-0.2, 0) is 9.53 Å². The molecule has 2 atom stereocenters. The van der Waals surface area contributed by atoms with Gasteiger partial charge in [0.15, 0.2) is 0 Å². The second-order valence-electron chi connectivity index (χ2n) is 10.3. The molecule has 0 unspecified atom stereocenters. The summed E-state index contributed by atoms with van der Waals surface area (Å²) < 4.78 is 13.3. The lowest BCUT2D eigenvalue weighted by molar-refractivity contribution is -0.148. The van der Waals surface area contributed by atoms with E-state index in [-0.39, 0.29) is 17.9 Å². The lowest BCUT2D eigenvalue weighted by Crippen LogP contribution is -2.59. The molecule has 3 rings (SSSR count). The Morgan fingerprint density at radius 1 is 1.21 bits per heavy atom. The summed E-state index contributed by atoms with van der Waals surface area (Å²) >= 11 is 1.71. The van der Waals surface area contributed by atoms with Crippen molar-refractivity contribution in [2.24, 2.45) is 11.3 Å². The topological polar surface area (TPSA) is 45.3 Å². The molecule has 1 heterocycles. The lowest BCUT2D eigenvalue weighted by Gasteiger charge is -2.56. The summed E-state index contributed by atoms with van der Waals surface area (Å²) in [5.74, 6) is 1.68. The van der Waals surface area contributed by atoms with Crippen LogP contribution in [0.1, 0.15) is 44.2 Å². The highest BCUT2D eigenvalue weighted by molar-refractivity contribution is 7.97. The number of carbonyl (C=O) groups excluding carboxylic acids is 1. The molecule has 7 heteroatoms. The van der Waals surface area contributed by atoms with Gasteiger partial charge in [-0.15, -0.1) is 0 Å². The van der Waals surface area contributed by atoms with Crippen LogP contribution in [0, 0.1) is 25.2 Å². The Kier molecular flexibility index (Phi) is 9.12. The summed E-state index contributed by atoms with van der Waals surface area (Å²) in [6, 6.07) is 4.44. The van der Waals surface area contributed by atoms with E-state index in [1.54, 1.807) is 19.1 Å². The SMILES string of the molecule is COc1cc(C)c(SN(C)CCOCC(=O)N(C)[C@H]2C[C@@H](CCN3CCC3)C2(C)C)c(C)c1. The maximum atomic E-state index is 12.7. The highest BCUT2D eigenvalue weighted by Crippen LogP contribution is 2.50. The molecule has 1 saturated carbocycles. The number of rotatable bonds is 12. The zero-order valence-electron chi connectivity index (χ0n) is 21.6. The normalized spacial score (nSPS) is 22.1. The van der Waals surface area contributed by atoms with Crippen LogP contribution in [0.5, 0.6) is 5.75 Å². The summed E-state index contributed by atoms with van der Waals surface area (Å²) in [6.45, 7) is 14.0. The van der Waals surface area contributed by atoms with Crippen molar-refractivity contribution in [1.82, 2.24) is 14.1 Å². The first-order chi connectivity index (χ1) is 15.6. The van der Waals surface area contributed by atoms with Crippen molar-refractivity contribution >= 4 is 17.9 Å². The minimum Gasteiger partial charge on any atom is -0.497 e. The van der Waals surface area contributed by atoms with E-state index in [1.807, 2.05) is 11.9 Å². The molecule has 2 fully saturated rings. The van der Waals surface area contributed by atoms with Gasteiger partial charge in [-0.05, 0) is 106 Å². The van der Waals surface area contributed by atoms with Gasteiger partial charge in [-0.25, -0.2) is 4.31 Å². The Labute approximate surface area is 205 Å². The van der Waals surface area contributed by atoms with E-state index in [2.05, 4.69) is 56.1 Å². The van der Waals surface area contributed by atoms with E-state index in [0.717, 1.165) is 18.7 Å². The van der Waals surface area contributed by atoms with Gasteiger partial charge in [-0.3, -0.25) is 4.79 Å². The average Bonchev–Trinajstić information content (AvgIpc) is 2.73. The van der Waals surface area contributed by atoms with Crippen molar-refractivity contribution in [2.75, 3.05) is 60.6 Å². The van der Waals surface area contributed by atoms with Crippen LogP contribution in [0.4, 0.5) is 0 Å². The fourth-order valence-electron chi connectivity index (χ4n) is 5.08. The largest absolute Gasteiger partial charge is 0.497 e. The third kappa shape index (κ3) is 6.44. The van der Waals surface area contributed by atoms with Gasteiger partial charge < -0.3 is 19.3 Å². The number of hydrogen-bond donors (Lipinski definition) is 0. The first-order valence-electron chi connectivity index (χ1n) is 12.2. The molecule has 2 aliphatic rings.